The van der Waals surface area contributed by atoms with Crippen molar-refractivity contribution in [3.8, 4) is 0 Å². The fraction of sp³-hybridized carbons (Fsp3) is 0.200. The first kappa shape index (κ1) is 11.7. The first-order chi connectivity index (χ1) is 8.33. The number of ether oxygens (including phenoxy) is 2. The molecule has 0 spiro atoms. The van der Waals surface area contributed by atoms with Crippen molar-refractivity contribution in [2.24, 2.45) is 0 Å². The molecule has 0 fully saturated rings. The van der Waals surface area contributed by atoms with E-state index in [2.05, 4.69) is 43.0 Å². The van der Waals surface area contributed by atoms with Crippen molar-refractivity contribution in [1.29, 1.82) is 0 Å². The summed E-state index contributed by atoms with van der Waals surface area (Å²) in [7, 11) is 1.71. The predicted octanol–water partition coefficient (Wildman–Crippen LogP) is 3.65. The van der Waals surface area contributed by atoms with Gasteiger partial charge in [-0.15, -0.1) is 0 Å². The van der Waals surface area contributed by atoms with E-state index in [0.29, 0.717) is 13.2 Å². The lowest BCUT2D eigenvalue weighted by Gasteiger charge is -2.06. The number of methoxy groups -OCH3 is 1. The first-order valence-corrected chi connectivity index (χ1v) is 5.56. The van der Waals surface area contributed by atoms with Crippen LogP contribution in [0, 0.1) is 0 Å². The summed E-state index contributed by atoms with van der Waals surface area (Å²) in [5, 5.41) is 2.44. The summed E-state index contributed by atoms with van der Waals surface area (Å²) in [4.78, 5) is 0. The lowest BCUT2D eigenvalue weighted by atomic mass is 10.0. The Kier molecular flexibility index (Phi) is 3.78. The first-order valence-electron chi connectivity index (χ1n) is 5.56. The van der Waals surface area contributed by atoms with Crippen molar-refractivity contribution >= 4 is 10.8 Å². The van der Waals surface area contributed by atoms with Crippen molar-refractivity contribution in [2.75, 3.05) is 7.11 Å². The molecule has 2 aromatic rings. The van der Waals surface area contributed by atoms with Gasteiger partial charge in [-0.3, -0.25) is 0 Å². The SMILES string of the molecule is C=COCc1ccc2ccc(COC)cc2c1. The van der Waals surface area contributed by atoms with Gasteiger partial charge in [0.25, 0.3) is 0 Å². The molecular weight excluding hydrogens is 212 g/mol. The van der Waals surface area contributed by atoms with Crippen LogP contribution in [0.3, 0.4) is 0 Å². The lowest BCUT2D eigenvalue weighted by Crippen LogP contribution is -1.89. The van der Waals surface area contributed by atoms with Gasteiger partial charge >= 0.3 is 0 Å². The standard InChI is InChI=1S/C15H16O2/c1-3-17-11-13-5-7-14-6-4-12(10-16-2)8-15(14)9-13/h3-9H,1,10-11H2,2H3. The number of hydrogen-bond acceptors (Lipinski definition) is 2. The van der Waals surface area contributed by atoms with Gasteiger partial charge in [0.2, 0.25) is 0 Å². The minimum Gasteiger partial charge on any atom is -0.497 e. The molecule has 0 aliphatic heterocycles. The van der Waals surface area contributed by atoms with E-state index in [1.807, 2.05) is 0 Å². The summed E-state index contributed by atoms with van der Waals surface area (Å²) >= 11 is 0. The fourth-order valence-electron chi connectivity index (χ4n) is 1.85. The second-order valence-electron chi connectivity index (χ2n) is 3.93. The zero-order valence-electron chi connectivity index (χ0n) is 9.98. The Bertz CT molecular complexity index is 517. The summed E-state index contributed by atoms with van der Waals surface area (Å²) in [6.07, 6.45) is 1.46. The quantitative estimate of drug-likeness (QED) is 0.727. The van der Waals surface area contributed by atoms with Gasteiger partial charge < -0.3 is 9.47 Å². The minimum absolute atomic E-state index is 0.563. The molecule has 0 atom stereocenters. The van der Waals surface area contributed by atoms with E-state index in [-0.39, 0.29) is 0 Å². The Balaban J connectivity index is 2.32. The molecule has 0 aliphatic rings. The van der Waals surface area contributed by atoms with Crippen LogP contribution in [0.25, 0.3) is 10.8 Å². The summed E-state index contributed by atoms with van der Waals surface area (Å²) in [5.74, 6) is 0. The molecule has 0 aliphatic carbocycles. The van der Waals surface area contributed by atoms with Gasteiger partial charge in [0.05, 0.1) is 12.9 Å². The Morgan fingerprint density at radius 2 is 1.65 bits per heavy atom. The molecule has 2 nitrogen and oxygen atoms in total. The number of rotatable bonds is 5. The van der Waals surface area contributed by atoms with E-state index >= 15 is 0 Å². The van der Waals surface area contributed by atoms with E-state index in [1.54, 1.807) is 7.11 Å². The molecular formula is C15H16O2. The molecule has 0 aromatic heterocycles. The van der Waals surface area contributed by atoms with E-state index in [0.717, 1.165) is 5.56 Å². The Morgan fingerprint density at radius 3 is 2.24 bits per heavy atom. The highest BCUT2D eigenvalue weighted by Crippen LogP contribution is 2.19. The topological polar surface area (TPSA) is 18.5 Å². The molecule has 0 saturated heterocycles. The molecule has 17 heavy (non-hydrogen) atoms. The summed E-state index contributed by atoms with van der Waals surface area (Å²) in [6, 6.07) is 12.7. The number of hydrogen-bond donors (Lipinski definition) is 0. The maximum atomic E-state index is 5.19. The predicted molar refractivity (Wildman–Crippen MR) is 69.6 cm³/mol. The van der Waals surface area contributed by atoms with Crippen LogP contribution in [0.5, 0.6) is 0 Å². The molecule has 0 bridgehead atoms. The Labute approximate surface area is 101 Å². The lowest BCUT2D eigenvalue weighted by molar-refractivity contribution is 0.185. The monoisotopic (exact) mass is 228 g/mol. The average Bonchev–Trinajstić information content (AvgIpc) is 2.36. The Morgan fingerprint density at radius 1 is 1.00 bits per heavy atom. The van der Waals surface area contributed by atoms with E-state index in [1.165, 1.54) is 22.6 Å². The van der Waals surface area contributed by atoms with E-state index < -0.39 is 0 Å². The van der Waals surface area contributed by atoms with Crippen LogP contribution >= 0.6 is 0 Å². The van der Waals surface area contributed by atoms with Crippen LogP contribution < -0.4 is 0 Å². The zero-order chi connectivity index (χ0) is 12.1. The molecule has 0 unspecified atom stereocenters. The highest BCUT2D eigenvalue weighted by atomic mass is 16.5. The van der Waals surface area contributed by atoms with Gasteiger partial charge in [0.1, 0.15) is 6.61 Å². The van der Waals surface area contributed by atoms with E-state index in [9.17, 15) is 0 Å². The molecule has 2 heteroatoms. The molecule has 0 heterocycles. The van der Waals surface area contributed by atoms with Crippen LogP contribution in [0.1, 0.15) is 11.1 Å². The van der Waals surface area contributed by atoms with Crippen molar-refractivity contribution in [1.82, 2.24) is 0 Å². The molecule has 2 rings (SSSR count). The van der Waals surface area contributed by atoms with Crippen molar-refractivity contribution in [3.63, 3.8) is 0 Å². The summed E-state index contributed by atoms with van der Waals surface area (Å²) in [6.45, 7) is 4.74. The van der Waals surface area contributed by atoms with Crippen molar-refractivity contribution < 1.29 is 9.47 Å². The second-order valence-corrected chi connectivity index (χ2v) is 3.93. The maximum Gasteiger partial charge on any atom is 0.112 e. The van der Waals surface area contributed by atoms with Crippen LogP contribution in [0.15, 0.2) is 49.2 Å². The third-order valence-electron chi connectivity index (χ3n) is 2.65. The molecule has 2 aromatic carbocycles. The van der Waals surface area contributed by atoms with Gasteiger partial charge in [0, 0.05) is 7.11 Å². The molecule has 88 valence electrons. The van der Waals surface area contributed by atoms with Crippen molar-refractivity contribution in [2.45, 2.75) is 13.2 Å². The number of fused-ring (bicyclic) bond motifs is 1. The van der Waals surface area contributed by atoms with Gasteiger partial charge in [-0.2, -0.15) is 0 Å². The highest BCUT2D eigenvalue weighted by molar-refractivity contribution is 5.83. The van der Waals surface area contributed by atoms with Crippen LogP contribution in [0.4, 0.5) is 0 Å². The van der Waals surface area contributed by atoms with Gasteiger partial charge in [-0.05, 0) is 34.0 Å². The summed E-state index contributed by atoms with van der Waals surface area (Å²) in [5.41, 5.74) is 2.33. The third-order valence-corrected chi connectivity index (χ3v) is 2.65. The van der Waals surface area contributed by atoms with Crippen molar-refractivity contribution in [3.05, 3.63) is 60.4 Å². The highest BCUT2D eigenvalue weighted by Gasteiger charge is 1.99. The zero-order valence-corrected chi connectivity index (χ0v) is 9.98. The third kappa shape index (κ3) is 2.86. The minimum atomic E-state index is 0.563. The van der Waals surface area contributed by atoms with Crippen LogP contribution in [-0.4, -0.2) is 7.11 Å². The summed E-state index contributed by atoms with van der Waals surface area (Å²) < 4.78 is 10.3. The Hall–Kier alpha value is -1.80. The molecule has 0 N–H and O–H groups in total. The largest absolute Gasteiger partial charge is 0.497 e. The van der Waals surface area contributed by atoms with E-state index in [4.69, 9.17) is 9.47 Å². The van der Waals surface area contributed by atoms with Gasteiger partial charge in [-0.25, -0.2) is 0 Å². The second kappa shape index (κ2) is 5.51. The fourth-order valence-corrected chi connectivity index (χ4v) is 1.85. The smallest absolute Gasteiger partial charge is 0.112 e. The van der Waals surface area contributed by atoms with Gasteiger partial charge in [-0.1, -0.05) is 30.8 Å². The molecule has 0 amide bonds. The van der Waals surface area contributed by atoms with Crippen LogP contribution in [0.2, 0.25) is 0 Å². The average molecular weight is 228 g/mol. The van der Waals surface area contributed by atoms with Gasteiger partial charge in [0.15, 0.2) is 0 Å². The normalized spacial score (nSPS) is 10.4. The number of benzene rings is 2. The van der Waals surface area contributed by atoms with Crippen LogP contribution in [-0.2, 0) is 22.7 Å². The molecule has 0 radical (unpaired) electrons. The maximum absolute atomic E-state index is 5.19. The molecule has 0 saturated carbocycles.